The highest BCUT2D eigenvalue weighted by Gasteiger charge is 2.35. The Morgan fingerprint density at radius 2 is 1.97 bits per heavy atom. The fraction of sp³-hybridized carbons (Fsp3) is 0.269. The second-order valence-electron chi connectivity index (χ2n) is 8.56. The average molecular weight is 494 g/mol. The van der Waals surface area contributed by atoms with Crippen molar-refractivity contribution in [3.05, 3.63) is 76.6 Å². The van der Waals surface area contributed by atoms with Gasteiger partial charge in [-0.2, -0.15) is 0 Å². The summed E-state index contributed by atoms with van der Waals surface area (Å²) in [4.78, 5) is 39.5. The lowest BCUT2D eigenvalue weighted by molar-refractivity contribution is -0.123. The summed E-state index contributed by atoms with van der Waals surface area (Å²) in [5.41, 5.74) is 2.27. The summed E-state index contributed by atoms with van der Waals surface area (Å²) in [5, 5.41) is 3.44. The SMILES string of the molecule is O=C(Cn1cc(/C=C2\SC(=O)N(Cc3ccc(F)cc3)C2=O)c2ccccc21)NC[C@@H]1CCCO1. The Labute approximate surface area is 205 Å². The highest BCUT2D eigenvalue weighted by atomic mass is 32.2. The molecule has 0 unspecified atom stereocenters. The van der Waals surface area contributed by atoms with Crippen molar-refractivity contribution in [2.24, 2.45) is 0 Å². The van der Waals surface area contributed by atoms with Crippen molar-refractivity contribution in [2.45, 2.75) is 32.0 Å². The lowest BCUT2D eigenvalue weighted by atomic mass is 10.1. The summed E-state index contributed by atoms with van der Waals surface area (Å²) < 4.78 is 20.6. The lowest BCUT2D eigenvalue weighted by Crippen LogP contribution is -2.34. The van der Waals surface area contributed by atoms with Crippen LogP contribution in [0.1, 0.15) is 24.0 Å². The molecule has 0 aliphatic carbocycles. The first-order valence-corrected chi connectivity index (χ1v) is 12.3. The van der Waals surface area contributed by atoms with Crippen molar-refractivity contribution in [3.8, 4) is 0 Å². The molecular weight excluding hydrogens is 469 g/mol. The average Bonchev–Trinajstić information content (AvgIpc) is 3.56. The van der Waals surface area contributed by atoms with E-state index >= 15 is 0 Å². The van der Waals surface area contributed by atoms with Crippen molar-refractivity contribution in [1.82, 2.24) is 14.8 Å². The summed E-state index contributed by atoms with van der Waals surface area (Å²) in [6.45, 7) is 1.44. The maximum atomic E-state index is 13.2. The highest BCUT2D eigenvalue weighted by molar-refractivity contribution is 8.18. The molecule has 1 aromatic heterocycles. The van der Waals surface area contributed by atoms with E-state index in [9.17, 15) is 18.8 Å². The lowest BCUT2D eigenvalue weighted by Gasteiger charge is -2.12. The Kier molecular flexibility index (Phi) is 6.70. The standard InChI is InChI=1S/C26H24FN3O4S/c27-19-9-7-17(8-10-19)14-30-25(32)23(35-26(30)33)12-18-15-29(22-6-2-1-5-21(18)22)16-24(31)28-13-20-4-3-11-34-20/h1-2,5-10,12,15,20H,3-4,11,13-14,16H2,(H,28,31)/b23-12-/t20-/m0/s1. The predicted octanol–water partition coefficient (Wildman–Crippen LogP) is 4.31. The van der Waals surface area contributed by atoms with Crippen LogP contribution in [-0.4, -0.2) is 45.8 Å². The summed E-state index contributed by atoms with van der Waals surface area (Å²) in [6.07, 6.45) is 5.55. The number of carbonyl (C=O) groups is 3. The number of benzene rings is 2. The molecule has 2 aromatic carbocycles. The third kappa shape index (κ3) is 5.16. The minimum Gasteiger partial charge on any atom is -0.376 e. The van der Waals surface area contributed by atoms with Crippen LogP contribution in [0.3, 0.4) is 0 Å². The van der Waals surface area contributed by atoms with E-state index in [4.69, 9.17) is 4.74 Å². The summed E-state index contributed by atoms with van der Waals surface area (Å²) >= 11 is 0.875. The van der Waals surface area contributed by atoms with E-state index in [1.54, 1.807) is 18.2 Å². The topological polar surface area (TPSA) is 80.6 Å². The van der Waals surface area contributed by atoms with Gasteiger partial charge < -0.3 is 14.6 Å². The number of halogens is 1. The fourth-order valence-electron chi connectivity index (χ4n) is 4.31. The molecule has 5 rings (SSSR count). The van der Waals surface area contributed by atoms with Gasteiger partial charge in [0.05, 0.1) is 17.6 Å². The van der Waals surface area contributed by atoms with Crippen LogP contribution < -0.4 is 5.32 Å². The van der Waals surface area contributed by atoms with E-state index in [-0.39, 0.29) is 36.2 Å². The molecule has 0 radical (unpaired) electrons. The van der Waals surface area contributed by atoms with E-state index in [2.05, 4.69) is 5.32 Å². The molecule has 35 heavy (non-hydrogen) atoms. The number of aromatic nitrogens is 1. The molecule has 180 valence electrons. The number of nitrogens with zero attached hydrogens (tertiary/aromatic N) is 2. The minimum absolute atomic E-state index is 0.0708. The van der Waals surface area contributed by atoms with Gasteiger partial charge in [0.1, 0.15) is 12.4 Å². The summed E-state index contributed by atoms with van der Waals surface area (Å²) in [7, 11) is 0. The molecular formula is C26H24FN3O4S. The largest absolute Gasteiger partial charge is 0.376 e. The Balaban J connectivity index is 1.34. The maximum absolute atomic E-state index is 13.2. The molecule has 3 heterocycles. The molecule has 2 fully saturated rings. The second-order valence-corrected chi connectivity index (χ2v) is 9.56. The number of ether oxygens (including phenoxy) is 1. The molecule has 0 saturated carbocycles. The number of hydrogen-bond acceptors (Lipinski definition) is 5. The van der Waals surface area contributed by atoms with Gasteiger partial charge in [0.15, 0.2) is 0 Å². The van der Waals surface area contributed by atoms with E-state index < -0.39 is 5.91 Å². The number of para-hydroxylation sites is 1. The van der Waals surface area contributed by atoms with Crippen LogP contribution in [0.25, 0.3) is 17.0 Å². The van der Waals surface area contributed by atoms with Crippen molar-refractivity contribution in [2.75, 3.05) is 13.2 Å². The van der Waals surface area contributed by atoms with Gasteiger partial charge in [-0.05, 0) is 54.4 Å². The monoisotopic (exact) mass is 493 g/mol. The summed E-state index contributed by atoms with van der Waals surface area (Å²) in [6, 6.07) is 13.3. The normalized spacial score (nSPS) is 19.3. The molecule has 7 nitrogen and oxygen atoms in total. The first kappa shape index (κ1) is 23.3. The van der Waals surface area contributed by atoms with Gasteiger partial charge in [-0.3, -0.25) is 19.3 Å². The van der Waals surface area contributed by atoms with Crippen LogP contribution >= 0.6 is 11.8 Å². The zero-order valence-corrected chi connectivity index (χ0v) is 19.7. The van der Waals surface area contributed by atoms with E-state index in [1.165, 1.54) is 12.1 Å². The maximum Gasteiger partial charge on any atom is 0.293 e. The van der Waals surface area contributed by atoms with Crippen LogP contribution in [0.2, 0.25) is 0 Å². The van der Waals surface area contributed by atoms with Gasteiger partial charge in [0.2, 0.25) is 5.91 Å². The zero-order valence-electron chi connectivity index (χ0n) is 18.9. The van der Waals surface area contributed by atoms with Crippen LogP contribution in [0.4, 0.5) is 9.18 Å². The molecule has 3 aromatic rings. The smallest absolute Gasteiger partial charge is 0.293 e. The van der Waals surface area contributed by atoms with Gasteiger partial charge in [0.25, 0.3) is 11.1 Å². The van der Waals surface area contributed by atoms with E-state index in [1.807, 2.05) is 35.0 Å². The van der Waals surface area contributed by atoms with Gasteiger partial charge in [0, 0.05) is 35.8 Å². The number of amides is 3. The van der Waals surface area contributed by atoms with E-state index in [0.717, 1.165) is 52.6 Å². The molecule has 1 N–H and O–H groups in total. The Morgan fingerprint density at radius 3 is 2.74 bits per heavy atom. The Morgan fingerprint density at radius 1 is 1.17 bits per heavy atom. The van der Waals surface area contributed by atoms with Crippen molar-refractivity contribution < 1.29 is 23.5 Å². The highest BCUT2D eigenvalue weighted by Crippen LogP contribution is 2.35. The van der Waals surface area contributed by atoms with Crippen LogP contribution in [0.15, 0.2) is 59.6 Å². The third-order valence-corrected chi connectivity index (χ3v) is 7.01. The van der Waals surface area contributed by atoms with Gasteiger partial charge >= 0.3 is 0 Å². The number of fused-ring (bicyclic) bond motifs is 1. The fourth-order valence-corrected chi connectivity index (χ4v) is 5.14. The molecule has 0 bridgehead atoms. The molecule has 3 amide bonds. The molecule has 2 saturated heterocycles. The Hall–Kier alpha value is -3.43. The van der Waals surface area contributed by atoms with Gasteiger partial charge in [-0.25, -0.2) is 4.39 Å². The van der Waals surface area contributed by atoms with Crippen molar-refractivity contribution >= 4 is 45.8 Å². The number of carbonyl (C=O) groups excluding carboxylic acids is 3. The first-order valence-electron chi connectivity index (χ1n) is 11.4. The number of rotatable bonds is 7. The number of imide groups is 1. The van der Waals surface area contributed by atoms with Crippen LogP contribution in [-0.2, 0) is 27.4 Å². The zero-order chi connectivity index (χ0) is 24.4. The van der Waals surface area contributed by atoms with Gasteiger partial charge in [-0.15, -0.1) is 0 Å². The van der Waals surface area contributed by atoms with Crippen LogP contribution in [0, 0.1) is 5.82 Å². The van der Waals surface area contributed by atoms with Crippen molar-refractivity contribution in [1.29, 1.82) is 0 Å². The molecule has 2 aliphatic rings. The van der Waals surface area contributed by atoms with E-state index in [0.29, 0.717) is 17.0 Å². The molecule has 1 atom stereocenters. The molecule has 0 spiro atoms. The molecule has 9 heteroatoms. The minimum atomic E-state index is -0.393. The summed E-state index contributed by atoms with van der Waals surface area (Å²) in [5.74, 6) is -0.886. The number of hydrogen-bond donors (Lipinski definition) is 1. The van der Waals surface area contributed by atoms with Crippen molar-refractivity contribution in [3.63, 3.8) is 0 Å². The predicted molar refractivity (Wildman–Crippen MR) is 132 cm³/mol. The quantitative estimate of drug-likeness (QED) is 0.496. The van der Waals surface area contributed by atoms with Crippen LogP contribution in [0.5, 0.6) is 0 Å². The number of thioether (sulfide) groups is 1. The van der Waals surface area contributed by atoms with Gasteiger partial charge in [-0.1, -0.05) is 30.3 Å². The number of nitrogens with one attached hydrogen (secondary N) is 1. The third-order valence-electron chi connectivity index (χ3n) is 6.10. The molecule has 2 aliphatic heterocycles. The second kappa shape index (κ2) is 10.1. The Bertz CT molecular complexity index is 1310. The first-order chi connectivity index (χ1) is 17.0.